The Balaban J connectivity index is 2.40. The molecule has 1 fully saturated rings. The van der Waals surface area contributed by atoms with Crippen molar-refractivity contribution in [2.45, 2.75) is 38.9 Å². The SMILES string of the molecule is CC1(C)OB(c2ncc(C(N)=O)cc2C=O)OC1(C)C. The molecule has 1 amide bonds. The van der Waals surface area contributed by atoms with Crippen LogP contribution < -0.4 is 11.3 Å². The Kier molecular flexibility index (Phi) is 3.43. The van der Waals surface area contributed by atoms with Crippen molar-refractivity contribution in [2.24, 2.45) is 5.73 Å². The molecule has 2 heterocycles. The summed E-state index contributed by atoms with van der Waals surface area (Å²) in [6.07, 6.45) is 1.93. The summed E-state index contributed by atoms with van der Waals surface area (Å²) >= 11 is 0. The van der Waals surface area contributed by atoms with Crippen molar-refractivity contribution in [1.29, 1.82) is 0 Å². The van der Waals surface area contributed by atoms with Crippen LogP contribution >= 0.6 is 0 Å². The molecule has 20 heavy (non-hydrogen) atoms. The molecule has 1 saturated heterocycles. The molecule has 106 valence electrons. The largest absolute Gasteiger partial charge is 0.515 e. The molecule has 0 spiro atoms. The van der Waals surface area contributed by atoms with Crippen molar-refractivity contribution in [2.75, 3.05) is 0 Å². The molecule has 2 N–H and O–H groups in total. The van der Waals surface area contributed by atoms with Crippen LogP contribution in [-0.4, -0.2) is 35.5 Å². The molecule has 7 heteroatoms. The van der Waals surface area contributed by atoms with E-state index in [0.717, 1.165) is 0 Å². The van der Waals surface area contributed by atoms with Crippen molar-refractivity contribution < 1.29 is 18.9 Å². The highest BCUT2D eigenvalue weighted by Gasteiger charge is 2.52. The fourth-order valence-electron chi connectivity index (χ4n) is 1.87. The highest BCUT2D eigenvalue weighted by atomic mass is 16.7. The van der Waals surface area contributed by atoms with Gasteiger partial charge in [0.2, 0.25) is 5.91 Å². The Hall–Kier alpha value is -1.73. The average molecular weight is 276 g/mol. The number of carbonyl (C=O) groups is 2. The zero-order valence-electron chi connectivity index (χ0n) is 12.0. The van der Waals surface area contributed by atoms with Gasteiger partial charge in [-0.15, -0.1) is 0 Å². The second-order valence-corrected chi connectivity index (χ2v) is 5.77. The van der Waals surface area contributed by atoms with Crippen molar-refractivity contribution in [3.63, 3.8) is 0 Å². The lowest BCUT2D eigenvalue weighted by molar-refractivity contribution is 0.00578. The van der Waals surface area contributed by atoms with Gasteiger partial charge in [-0.2, -0.15) is 0 Å². The van der Waals surface area contributed by atoms with E-state index in [0.29, 0.717) is 11.9 Å². The monoisotopic (exact) mass is 276 g/mol. The Bertz CT molecular complexity index is 555. The zero-order valence-corrected chi connectivity index (χ0v) is 12.0. The number of aldehydes is 1. The number of nitrogens with zero attached hydrogens (tertiary/aromatic N) is 1. The molecule has 1 aliphatic heterocycles. The van der Waals surface area contributed by atoms with Gasteiger partial charge >= 0.3 is 7.12 Å². The van der Waals surface area contributed by atoms with Crippen LogP contribution in [0.5, 0.6) is 0 Å². The molecule has 2 rings (SSSR count). The summed E-state index contributed by atoms with van der Waals surface area (Å²) in [5.74, 6) is -0.638. The predicted octanol–water partition coefficient (Wildman–Crippen LogP) is 0.292. The van der Waals surface area contributed by atoms with Gasteiger partial charge in [-0.1, -0.05) is 0 Å². The Morgan fingerprint density at radius 3 is 2.30 bits per heavy atom. The van der Waals surface area contributed by atoms with Crippen LogP contribution in [0.2, 0.25) is 0 Å². The van der Waals surface area contributed by atoms with Gasteiger partial charge in [0.05, 0.1) is 22.4 Å². The molecule has 6 nitrogen and oxygen atoms in total. The molecule has 0 bridgehead atoms. The molecular weight excluding hydrogens is 259 g/mol. The molecule has 0 unspecified atom stereocenters. The predicted molar refractivity (Wildman–Crippen MR) is 73.9 cm³/mol. The van der Waals surface area contributed by atoms with Gasteiger partial charge in [-0.05, 0) is 33.8 Å². The van der Waals surface area contributed by atoms with Gasteiger partial charge in [0.15, 0.2) is 6.29 Å². The number of primary amides is 1. The zero-order chi connectivity index (χ0) is 15.1. The highest BCUT2D eigenvalue weighted by Crippen LogP contribution is 2.36. The molecule has 0 aliphatic carbocycles. The van der Waals surface area contributed by atoms with Crippen molar-refractivity contribution in [3.8, 4) is 0 Å². The van der Waals surface area contributed by atoms with Crippen LogP contribution in [0.25, 0.3) is 0 Å². The van der Waals surface area contributed by atoms with Crippen LogP contribution in [0, 0.1) is 0 Å². The number of hydrogen-bond donors (Lipinski definition) is 1. The minimum atomic E-state index is -0.748. The normalized spacial score (nSPS) is 19.9. The van der Waals surface area contributed by atoms with Crippen molar-refractivity contribution in [3.05, 3.63) is 23.4 Å². The van der Waals surface area contributed by atoms with Crippen LogP contribution in [0.15, 0.2) is 12.3 Å². The van der Waals surface area contributed by atoms with Crippen LogP contribution in [0.4, 0.5) is 0 Å². The Labute approximate surface area is 117 Å². The van der Waals surface area contributed by atoms with E-state index in [1.165, 1.54) is 12.3 Å². The van der Waals surface area contributed by atoms with Crippen molar-refractivity contribution in [1.82, 2.24) is 4.98 Å². The smallest absolute Gasteiger partial charge is 0.398 e. The minimum Gasteiger partial charge on any atom is -0.398 e. The van der Waals surface area contributed by atoms with Gasteiger partial charge in [0.25, 0.3) is 0 Å². The van der Waals surface area contributed by atoms with Crippen LogP contribution in [0.1, 0.15) is 48.4 Å². The molecular formula is C13H17BN2O4. The third-order valence-electron chi connectivity index (χ3n) is 3.84. The van der Waals surface area contributed by atoms with E-state index in [-0.39, 0.29) is 11.1 Å². The van der Waals surface area contributed by atoms with E-state index in [1.54, 1.807) is 0 Å². The Morgan fingerprint density at radius 2 is 1.85 bits per heavy atom. The van der Waals surface area contributed by atoms with E-state index in [1.807, 2.05) is 27.7 Å². The average Bonchev–Trinajstić information content (AvgIpc) is 2.57. The molecule has 1 aromatic rings. The van der Waals surface area contributed by atoms with Gasteiger partial charge in [0.1, 0.15) is 0 Å². The summed E-state index contributed by atoms with van der Waals surface area (Å²) in [6.45, 7) is 7.63. The molecule has 0 aromatic carbocycles. The number of nitrogens with two attached hydrogens (primary N) is 1. The van der Waals surface area contributed by atoms with Gasteiger partial charge in [0, 0.05) is 11.8 Å². The molecule has 0 saturated carbocycles. The first kappa shape index (κ1) is 14.7. The van der Waals surface area contributed by atoms with Crippen LogP contribution in [0.3, 0.4) is 0 Å². The second kappa shape index (κ2) is 4.68. The lowest BCUT2D eigenvalue weighted by Gasteiger charge is -2.32. The topological polar surface area (TPSA) is 91.5 Å². The molecule has 1 aliphatic rings. The first-order valence-corrected chi connectivity index (χ1v) is 6.28. The quantitative estimate of drug-likeness (QED) is 0.633. The van der Waals surface area contributed by atoms with E-state index in [2.05, 4.69) is 4.98 Å². The van der Waals surface area contributed by atoms with E-state index in [9.17, 15) is 9.59 Å². The van der Waals surface area contributed by atoms with Gasteiger partial charge < -0.3 is 15.0 Å². The summed E-state index contributed by atoms with van der Waals surface area (Å²) in [7, 11) is -0.748. The minimum absolute atomic E-state index is 0.173. The van der Waals surface area contributed by atoms with E-state index < -0.39 is 24.2 Å². The second-order valence-electron chi connectivity index (χ2n) is 5.77. The maximum Gasteiger partial charge on any atom is 0.515 e. The van der Waals surface area contributed by atoms with E-state index >= 15 is 0 Å². The summed E-state index contributed by atoms with van der Waals surface area (Å²) in [5, 5.41) is 0. The highest BCUT2D eigenvalue weighted by molar-refractivity contribution is 6.62. The lowest BCUT2D eigenvalue weighted by Crippen LogP contribution is -2.41. The number of pyridine rings is 1. The first-order chi connectivity index (χ1) is 9.18. The standard InChI is InChI=1S/C13H17BN2O4/c1-12(2)13(3,4)20-14(19-12)10-9(7-17)5-8(6-16-10)11(15)18/h5-7H,1-4H3,(H2,15,18). The third-order valence-corrected chi connectivity index (χ3v) is 3.84. The first-order valence-electron chi connectivity index (χ1n) is 6.28. The summed E-state index contributed by atoms with van der Waals surface area (Å²) in [5.41, 5.74) is 4.88. The number of amides is 1. The molecule has 0 radical (unpaired) electrons. The fourth-order valence-corrected chi connectivity index (χ4v) is 1.87. The molecule has 0 atom stereocenters. The lowest BCUT2D eigenvalue weighted by atomic mass is 9.81. The maximum atomic E-state index is 11.2. The van der Waals surface area contributed by atoms with Crippen molar-refractivity contribution >= 4 is 24.9 Å². The number of aromatic nitrogens is 1. The third kappa shape index (κ3) is 2.34. The maximum absolute atomic E-state index is 11.2. The summed E-state index contributed by atoms with van der Waals surface area (Å²) in [4.78, 5) is 26.4. The van der Waals surface area contributed by atoms with Crippen LogP contribution in [-0.2, 0) is 9.31 Å². The van der Waals surface area contributed by atoms with Gasteiger partial charge in [-0.25, -0.2) is 0 Å². The fraction of sp³-hybridized carbons (Fsp3) is 0.462. The van der Waals surface area contributed by atoms with E-state index in [4.69, 9.17) is 15.0 Å². The summed E-state index contributed by atoms with van der Waals surface area (Å²) in [6, 6.07) is 1.39. The number of rotatable bonds is 3. The molecule has 1 aromatic heterocycles. The van der Waals surface area contributed by atoms with Gasteiger partial charge in [-0.3, -0.25) is 14.6 Å². The number of hydrogen-bond acceptors (Lipinski definition) is 5. The Morgan fingerprint density at radius 1 is 1.30 bits per heavy atom. The summed E-state index contributed by atoms with van der Waals surface area (Å²) < 4.78 is 11.7. The number of carbonyl (C=O) groups excluding carboxylic acids is 2.